The summed E-state index contributed by atoms with van der Waals surface area (Å²) in [6.45, 7) is 5.38. The first kappa shape index (κ1) is 9.88. The summed E-state index contributed by atoms with van der Waals surface area (Å²) in [7, 11) is 0. The molecule has 0 saturated heterocycles. The molecule has 10 heavy (non-hydrogen) atoms. The maximum Gasteiger partial charge on any atom is 0.0910 e. The van der Waals surface area contributed by atoms with E-state index in [9.17, 15) is 0 Å². The van der Waals surface area contributed by atoms with E-state index < -0.39 is 0 Å². The quantitative estimate of drug-likeness (QED) is 0.559. The second-order valence-corrected chi connectivity index (χ2v) is 2.09. The third-order valence-electron chi connectivity index (χ3n) is 0.854. The lowest BCUT2D eigenvalue weighted by Crippen LogP contribution is -2.07. The van der Waals surface area contributed by atoms with Gasteiger partial charge in [0.2, 0.25) is 0 Å². The standard InChI is InChI=1S/C7H15O3/c1-7(2)10-6-5-9-4-3-8/h8H,3-6H2,1-2H3. The highest BCUT2D eigenvalue weighted by molar-refractivity contribution is 4.59. The van der Waals surface area contributed by atoms with Gasteiger partial charge >= 0.3 is 0 Å². The van der Waals surface area contributed by atoms with Gasteiger partial charge in [-0.05, 0) is 13.8 Å². The van der Waals surface area contributed by atoms with Crippen LogP contribution < -0.4 is 0 Å². The molecule has 3 heteroatoms. The maximum absolute atomic E-state index is 8.30. The van der Waals surface area contributed by atoms with Crippen LogP contribution in [0.5, 0.6) is 0 Å². The molecular weight excluding hydrogens is 132 g/mol. The molecule has 1 radical (unpaired) electrons. The van der Waals surface area contributed by atoms with Crippen LogP contribution in [0.15, 0.2) is 0 Å². The minimum atomic E-state index is 0.0782. The Balaban J connectivity index is 2.77. The average Bonchev–Trinajstić information content (AvgIpc) is 1.87. The molecule has 1 N–H and O–H groups in total. The van der Waals surface area contributed by atoms with Crippen LogP contribution in [0.1, 0.15) is 13.8 Å². The number of rotatable bonds is 6. The Morgan fingerprint density at radius 3 is 2.40 bits per heavy atom. The van der Waals surface area contributed by atoms with Crippen molar-refractivity contribution in [2.24, 2.45) is 0 Å². The fraction of sp³-hybridized carbons (Fsp3) is 0.857. The Hall–Kier alpha value is -0.120. The molecule has 0 saturated carbocycles. The first-order valence-electron chi connectivity index (χ1n) is 3.39. The molecule has 0 unspecified atom stereocenters. The lowest BCUT2D eigenvalue weighted by atomic mass is 10.5. The van der Waals surface area contributed by atoms with Gasteiger partial charge in [-0.25, -0.2) is 0 Å². The lowest BCUT2D eigenvalue weighted by molar-refractivity contribution is 0.0404. The van der Waals surface area contributed by atoms with Crippen LogP contribution in [-0.2, 0) is 9.47 Å². The molecule has 0 aliphatic heterocycles. The Morgan fingerprint density at radius 2 is 1.90 bits per heavy atom. The van der Waals surface area contributed by atoms with Gasteiger partial charge in [-0.3, -0.25) is 0 Å². The summed E-state index contributed by atoms with van der Waals surface area (Å²) in [5.41, 5.74) is 0. The monoisotopic (exact) mass is 147 g/mol. The van der Waals surface area contributed by atoms with Crippen LogP contribution in [0.4, 0.5) is 0 Å². The number of aliphatic hydroxyl groups excluding tert-OH is 1. The summed E-state index contributed by atoms with van der Waals surface area (Å²) in [6, 6.07) is 0. The van der Waals surface area contributed by atoms with Crippen molar-refractivity contribution in [2.45, 2.75) is 13.8 Å². The van der Waals surface area contributed by atoms with Gasteiger partial charge in [0.25, 0.3) is 0 Å². The van der Waals surface area contributed by atoms with Crippen LogP contribution in [0, 0.1) is 6.10 Å². The lowest BCUT2D eigenvalue weighted by Gasteiger charge is -2.05. The van der Waals surface area contributed by atoms with E-state index >= 15 is 0 Å². The molecule has 0 aliphatic carbocycles. The third-order valence-corrected chi connectivity index (χ3v) is 0.854. The fourth-order valence-corrected chi connectivity index (χ4v) is 0.471. The SMILES string of the molecule is C[C](C)OCCOCCO. The van der Waals surface area contributed by atoms with Crippen molar-refractivity contribution in [3.05, 3.63) is 6.10 Å². The molecule has 0 fully saturated rings. The predicted octanol–water partition coefficient (Wildman–Crippen LogP) is 0.584. The molecule has 0 bridgehead atoms. The van der Waals surface area contributed by atoms with Crippen LogP contribution in [0.25, 0.3) is 0 Å². The van der Waals surface area contributed by atoms with Gasteiger partial charge < -0.3 is 14.6 Å². The zero-order valence-electron chi connectivity index (χ0n) is 6.59. The zero-order valence-corrected chi connectivity index (χ0v) is 6.59. The van der Waals surface area contributed by atoms with Gasteiger partial charge in [0.1, 0.15) is 0 Å². The van der Waals surface area contributed by atoms with E-state index in [1.807, 2.05) is 13.8 Å². The summed E-state index contributed by atoms with van der Waals surface area (Å²) >= 11 is 0. The summed E-state index contributed by atoms with van der Waals surface area (Å²) in [5.74, 6) is 0. The molecule has 0 aromatic heterocycles. The summed E-state index contributed by atoms with van der Waals surface area (Å²) < 4.78 is 10.0. The van der Waals surface area contributed by atoms with Crippen LogP contribution in [0.2, 0.25) is 0 Å². The zero-order chi connectivity index (χ0) is 7.82. The Labute approximate surface area is 62.0 Å². The van der Waals surface area contributed by atoms with Gasteiger partial charge in [0.15, 0.2) is 0 Å². The van der Waals surface area contributed by atoms with Crippen molar-refractivity contribution >= 4 is 0 Å². The summed E-state index contributed by atoms with van der Waals surface area (Å²) in [5, 5.41) is 8.30. The van der Waals surface area contributed by atoms with Crippen molar-refractivity contribution in [1.82, 2.24) is 0 Å². The molecule has 0 aliphatic rings. The highest BCUT2D eigenvalue weighted by atomic mass is 16.5. The van der Waals surface area contributed by atoms with Crippen molar-refractivity contribution in [1.29, 1.82) is 0 Å². The maximum atomic E-state index is 8.30. The Bertz CT molecular complexity index is 63.9. The second kappa shape index (κ2) is 6.99. The van der Waals surface area contributed by atoms with E-state index in [0.29, 0.717) is 19.8 Å². The molecule has 0 amide bonds. The van der Waals surface area contributed by atoms with Crippen molar-refractivity contribution in [2.75, 3.05) is 26.4 Å². The van der Waals surface area contributed by atoms with Crippen LogP contribution in [-0.4, -0.2) is 31.5 Å². The predicted molar refractivity (Wildman–Crippen MR) is 38.4 cm³/mol. The number of aliphatic hydroxyl groups is 1. The van der Waals surface area contributed by atoms with Gasteiger partial charge in [-0.1, -0.05) is 0 Å². The first-order valence-corrected chi connectivity index (χ1v) is 3.39. The Kier molecular flexibility index (Phi) is 6.91. The van der Waals surface area contributed by atoms with Gasteiger partial charge in [0, 0.05) is 0 Å². The van der Waals surface area contributed by atoms with E-state index in [-0.39, 0.29) is 6.61 Å². The summed E-state index contributed by atoms with van der Waals surface area (Å²) in [4.78, 5) is 0. The van der Waals surface area contributed by atoms with Crippen molar-refractivity contribution in [3.8, 4) is 0 Å². The topological polar surface area (TPSA) is 38.7 Å². The molecular formula is C7H15O3. The molecule has 3 nitrogen and oxygen atoms in total. The molecule has 0 aromatic rings. The van der Waals surface area contributed by atoms with Crippen LogP contribution >= 0.6 is 0 Å². The third kappa shape index (κ3) is 7.88. The molecule has 0 heterocycles. The van der Waals surface area contributed by atoms with E-state index in [4.69, 9.17) is 14.6 Å². The molecule has 0 spiro atoms. The first-order chi connectivity index (χ1) is 4.77. The second-order valence-electron chi connectivity index (χ2n) is 2.09. The van der Waals surface area contributed by atoms with Gasteiger partial charge in [-0.2, -0.15) is 0 Å². The summed E-state index contributed by atoms with van der Waals surface area (Å²) in [6.07, 6.45) is 0.938. The van der Waals surface area contributed by atoms with Gasteiger partial charge in [-0.15, -0.1) is 0 Å². The van der Waals surface area contributed by atoms with Crippen molar-refractivity contribution < 1.29 is 14.6 Å². The number of hydrogen-bond acceptors (Lipinski definition) is 3. The highest BCUT2D eigenvalue weighted by Gasteiger charge is 1.92. The normalized spacial score (nSPS) is 10.8. The fourth-order valence-electron chi connectivity index (χ4n) is 0.471. The molecule has 61 valence electrons. The van der Waals surface area contributed by atoms with Gasteiger partial charge in [0.05, 0.1) is 32.5 Å². The smallest absolute Gasteiger partial charge is 0.0910 e. The Morgan fingerprint density at radius 1 is 1.20 bits per heavy atom. The molecule has 0 rings (SSSR count). The minimum Gasteiger partial charge on any atom is -0.394 e. The van der Waals surface area contributed by atoms with E-state index in [0.717, 1.165) is 6.10 Å². The molecule has 0 atom stereocenters. The minimum absolute atomic E-state index is 0.0782. The largest absolute Gasteiger partial charge is 0.394 e. The van der Waals surface area contributed by atoms with E-state index in [1.165, 1.54) is 0 Å². The molecule has 0 aromatic carbocycles. The number of hydrogen-bond donors (Lipinski definition) is 1. The average molecular weight is 147 g/mol. The number of ether oxygens (including phenoxy) is 2. The van der Waals surface area contributed by atoms with Crippen molar-refractivity contribution in [3.63, 3.8) is 0 Å². The highest BCUT2D eigenvalue weighted by Crippen LogP contribution is 1.95. The van der Waals surface area contributed by atoms with Crippen LogP contribution in [0.3, 0.4) is 0 Å². The van der Waals surface area contributed by atoms with E-state index in [1.54, 1.807) is 0 Å². The van der Waals surface area contributed by atoms with E-state index in [2.05, 4.69) is 0 Å².